The van der Waals surface area contributed by atoms with E-state index in [0.29, 0.717) is 0 Å². The second-order valence-corrected chi connectivity index (χ2v) is 15.5. The molecule has 0 bridgehead atoms. The molecule has 0 aliphatic heterocycles. The molecule has 0 saturated carbocycles. The molecule has 10 aromatic carbocycles. The second-order valence-electron chi connectivity index (χ2n) is 14.4. The summed E-state index contributed by atoms with van der Waals surface area (Å²) < 4.78 is 5.02. The van der Waals surface area contributed by atoms with Crippen molar-refractivity contribution in [1.82, 2.24) is 4.57 Å². The molecule has 0 aliphatic carbocycles. The summed E-state index contributed by atoms with van der Waals surface area (Å²) in [5.74, 6) is 0. The van der Waals surface area contributed by atoms with Crippen LogP contribution in [0.3, 0.4) is 0 Å². The Balaban J connectivity index is 1.18. The van der Waals surface area contributed by atoms with Crippen molar-refractivity contribution in [1.29, 1.82) is 0 Å². The molecule has 0 unspecified atom stereocenters. The third-order valence-corrected chi connectivity index (χ3v) is 12.8. The predicted octanol–water partition coefficient (Wildman–Crippen LogP) is 15.2. The topological polar surface area (TPSA) is 8.17 Å². The van der Waals surface area contributed by atoms with Gasteiger partial charge in [-0.05, 0) is 80.8 Å². The molecule has 0 amide bonds. The van der Waals surface area contributed by atoms with E-state index in [0.717, 1.165) is 11.4 Å². The number of anilines is 3. The monoisotopic (exact) mass is 716 g/mol. The number of hydrogen-bond acceptors (Lipinski definition) is 2. The van der Waals surface area contributed by atoms with Crippen LogP contribution in [-0.2, 0) is 0 Å². The van der Waals surface area contributed by atoms with E-state index in [9.17, 15) is 0 Å². The lowest BCUT2D eigenvalue weighted by molar-refractivity contribution is 1.19. The van der Waals surface area contributed by atoms with Crippen LogP contribution in [0.5, 0.6) is 0 Å². The lowest BCUT2D eigenvalue weighted by atomic mass is 9.94. The summed E-state index contributed by atoms with van der Waals surface area (Å²) in [7, 11) is 0. The van der Waals surface area contributed by atoms with Crippen molar-refractivity contribution >= 4 is 113 Å². The van der Waals surface area contributed by atoms with E-state index in [1.807, 2.05) is 11.3 Å². The molecule has 0 fully saturated rings. The molecule has 2 heterocycles. The minimum atomic E-state index is 1.13. The average Bonchev–Trinajstić information content (AvgIpc) is 3.80. The smallest absolute Gasteiger partial charge is 0.0640 e. The van der Waals surface area contributed by atoms with E-state index >= 15 is 0 Å². The first-order valence-corrected chi connectivity index (χ1v) is 19.7. The Bertz CT molecular complexity index is 3430. The van der Waals surface area contributed by atoms with Gasteiger partial charge in [0.15, 0.2) is 0 Å². The van der Waals surface area contributed by atoms with E-state index in [1.54, 1.807) is 0 Å². The molecule has 3 heteroatoms. The first kappa shape index (κ1) is 30.5. The summed E-state index contributed by atoms with van der Waals surface area (Å²) in [6.45, 7) is 0. The van der Waals surface area contributed by atoms with E-state index in [-0.39, 0.29) is 0 Å². The number of rotatable bonds is 4. The maximum Gasteiger partial charge on any atom is 0.0640 e. The van der Waals surface area contributed by atoms with Crippen LogP contribution < -0.4 is 4.90 Å². The number of benzene rings is 10. The third-order valence-electron chi connectivity index (χ3n) is 11.6. The van der Waals surface area contributed by atoms with E-state index in [4.69, 9.17) is 0 Å². The number of nitrogens with zero attached hydrogens (tertiary/aromatic N) is 2. The highest BCUT2D eigenvalue weighted by Crippen LogP contribution is 2.48. The zero-order valence-corrected chi connectivity index (χ0v) is 30.6. The van der Waals surface area contributed by atoms with Gasteiger partial charge in [-0.15, -0.1) is 11.3 Å². The zero-order chi connectivity index (χ0) is 36.0. The Morgan fingerprint density at radius 2 is 0.836 bits per heavy atom. The number of aromatic nitrogens is 1. The highest BCUT2D eigenvalue weighted by atomic mass is 32.1. The Kier molecular flexibility index (Phi) is 6.54. The number of hydrogen-bond donors (Lipinski definition) is 0. The van der Waals surface area contributed by atoms with E-state index < -0.39 is 0 Å². The standard InChI is InChI=1S/C52H32N2S/c1-2-16-36-34(14-1)35-15-3-4-17-37(35)45-32-33(28-29-38(36)45)53(50-26-13-23-44-43-22-9-12-27-51(43)55-52(44)50)48-30-31-49(42-19-6-5-18-41(42)48)54-46-24-10-7-20-39(46)40-21-8-11-25-47(40)54/h1-32H. The van der Waals surface area contributed by atoms with Crippen molar-refractivity contribution in [3.8, 4) is 5.69 Å². The minimum absolute atomic E-state index is 1.13. The fourth-order valence-electron chi connectivity index (χ4n) is 9.19. The van der Waals surface area contributed by atoms with Gasteiger partial charge in [-0.2, -0.15) is 0 Å². The molecule has 0 saturated heterocycles. The van der Waals surface area contributed by atoms with Crippen LogP contribution in [0, 0.1) is 0 Å². The lowest BCUT2D eigenvalue weighted by Gasteiger charge is -2.28. The summed E-state index contributed by atoms with van der Waals surface area (Å²) >= 11 is 1.88. The number of thiophene rings is 1. The molecule has 0 N–H and O–H groups in total. The Labute approximate surface area is 321 Å². The lowest BCUT2D eigenvalue weighted by Crippen LogP contribution is -2.11. The predicted molar refractivity (Wildman–Crippen MR) is 238 cm³/mol. The first-order chi connectivity index (χ1) is 27.3. The van der Waals surface area contributed by atoms with Gasteiger partial charge in [0.25, 0.3) is 0 Å². The third kappa shape index (κ3) is 4.42. The highest BCUT2D eigenvalue weighted by Gasteiger charge is 2.23. The van der Waals surface area contributed by atoms with Gasteiger partial charge in [-0.25, -0.2) is 0 Å². The SMILES string of the molecule is c1ccc2c(c1)sc1c(N(c3ccc4c5ccccc5c5ccccc5c4c3)c3ccc(-n4c5ccccc5c5ccccc54)c4ccccc34)cccc12. The van der Waals surface area contributed by atoms with Gasteiger partial charge >= 0.3 is 0 Å². The molecule has 0 aliphatic rings. The zero-order valence-electron chi connectivity index (χ0n) is 29.8. The van der Waals surface area contributed by atoms with Crippen LogP contribution in [0.4, 0.5) is 17.1 Å². The van der Waals surface area contributed by atoms with Gasteiger partial charge in [0, 0.05) is 42.7 Å². The normalized spacial score (nSPS) is 12.0. The highest BCUT2D eigenvalue weighted by molar-refractivity contribution is 7.26. The molecule has 0 atom stereocenters. The second kappa shape index (κ2) is 11.8. The number of fused-ring (bicyclic) bond motifs is 13. The molecule has 12 aromatic rings. The summed E-state index contributed by atoms with van der Waals surface area (Å²) in [5, 5.41) is 15.2. The summed E-state index contributed by atoms with van der Waals surface area (Å²) in [6.07, 6.45) is 0. The molecule has 2 nitrogen and oxygen atoms in total. The van der Waals surface area contributed by atoms with Crippen LogP contribution in [0.25, 0.3) is 90.8 Å². The Morgan fingerprint density at radius 1 is 0.327 bits per heavy atom. The van der Waals surface area contributed by atoms with Crippen molar-refractivity contribution in [2.24, 2.45) is 0 Å². The van der Waals surface area contributed by atoms with Crippen molar-refractivity contribution in [3.63, 3.8) is 0 Å². The fourth-order valence-corrected chi connectivity index (χ4v) is 10.4. The minimum Gasteiger partial charge on any atom is -0.309 e. The molecule has 2 aromatic heterocycles. The molecule has 0 radical (unpaired) electrons. The quantitative estimate of drug-likeness (QED) is 0.165. The van der Waals surface area contributed by atoms with Gasteiger partial charge in [0.05, 0.1) is 32.8 Å². The van der Waals surface area contributed by atoms with Crippen LogP contribution in [0.15, 0.2) is 194 Å². The molecule has 55 heavy (non-hydrogen) atoms. The van der Waals surface area contributed by atoms with Crippen LogP contribution >= 0.6 is 11.3 Å². The van der Waals surface area contributed by atoms with Gasteiger partial charge in [0.1, 0.15) is 0 Å². The maximum absolute atomic E-state index is 2.51. The fraction of sp³-hybridized carbons (Fsp3) is 0. The summed E-state index contributed by atoms with van der Waals surface area (Å²) in [6, 6.07) is 71.5. The van der Waals surface area contributed by atoms with Crippen LogP contribution in [-0.4, -0.2) is 4.57 Å². The molecule has 256 valence electrons. The first-order valence-electron chi connectivity index (χ1n) is 18.9. The Hall–Kier alpha value is -6.94. The molecule has 12 rings (SSSR count). The van der Waals surface area contributed by atoms with Crippen molar-refractivity contribution in [2.75, 3.05) is 4.90 Å². The van der Waals surface area contributed by atoms with Crippen LogP contribution in [0.1, 0.15) is 0 Å². The van der Waals surface area contributed by atoms with E-state index in [2.05, 4.69) is 204 Å². The number of para-hydroxylation sites is 2. The summed E-state index contributed by atoms with van der Waals surface area (Å²) in [5.41, 5.74) is 7.05. The van der Waals surface area contributed by atoms with Crippen molar-refractivity contribution < 1.29 is 0 Å². The van der Waals surface area contributed by atoms with Crippen molar-refractivity contribution in [2.45, 2.75) is 0 Å². The van der Waals surface area contributed by atoms with Gasteiger partial charge in [-0.1, -0.05) is 146 Å². The van der Waals surface area contributed by atoms with Gasteiger partial charge < -0.3 is 9.47 Å². The Morgan fingerprint density at radius 3 is 1.51 bits per heavy atom. The summed E-state index contributed by atoms with van der Waals surface area (Å²) in [4.78, 5) is 2.51. The molecular formula is C52H32N2S. The van der Waals surface area contributed by atoms with Gasteiger partial charge in [0.2, 0.25) is 0 Å². The van der Waals surface area contributed by atoms with E-state index in [1.165, 1.54) is 96.4 Å². The molecular weight excluding hydrogens is 685 g/mol. The largest absolute Gasteiger partial charge is 0.309 e. The molecule has 0 spiro atoms. The van der Waals surface area contributed by atoms with Crippen LogP contribution in [0.2, 0.25) is 0 Å². The van der Waals surface area contributed by atoms with Gasteiger partial charge in [-0.3, -0.25) is 0 Å². The maximum atomic E-state index is 2.51. The van der Waals surface area contributed by atoms with Crippen molar-refractivity contribution in [3.05, 3.63) is 194 Å². The average molecular weight is 717 g/mol.